The molecule has 0 radical (unpaired) electrons. The van der Waals surface area contributed by atoms with Gasteiger partial charge in [-0.05, 0) is 0 Å². The summed E-state index contributed by atoms with van der Waals surface area (Å²) in [5.41, 5.74) is 0. The van der Waals surface area contributed by atoms with Gasteiger partial charge in [0.1, 0.15) is 0 Å². The molecule has 0 aromatic heterocycles. The van der Waals surface area contributed by atoms with E-state index in [0.29, 0.717) is 0 Å². The second-order valence-electron chi connectivity index (χ2n) is 2.60. The molecule has 0 aromatic rings. The summed E-state index contributed by atoms with van der Waals surface area (Å²) in [5.74, 6) is -4.17. The fourth-order valence-electron chi connectivity index (χ4n) is 0. The molecule has 0 aliphatic heterocycles. The molecule has 0 aromatic carbocycles. The Morgan fingerprint density at radius 1 is 0.476 bits per heavy atom. The molecule has 0 saturated heterocycles. The van der Waals surface area contributed by atoms with Crippen LogP contribution in [0.1, 0.15) is 37.5 Å². The van der Waals surface area contributed by atoms with E-state index >= 15 is 0 Å². The summed E-state index contributed by atoms with van der Waals surface area (Å²) in [4.78, 5) is 45.0. The van der Waals surface area contributed by atoms with Gasteiger partial charge in [-0.2, -0.15) is 0 Å². The summed E-state index contributed by atoms with van der Waals surface area (Å²) >= 11 is 0. The molecule has 21 heavy (non-hydrogen) atoms. The van der Waals surface area contributed by atoms with Crippen LogP contribution < -0.4 is 0 Å². The second kappa shape index (κ2) is 31.2. The molecule has 5 N–H and O–H groups in total. The van der Waals surface area contributed by atoms with Crippen molar-refractivity contribution < 1.29 is 52.4 Å². The van der Waals surface area contributed by atoms with Gasteiger partial charge in [0.05, 0.1) is 0 Å². The van der Waals surface area contributed by atoms with Gasteiger partial charge in [-0.15, -0.1) is 0 Å². The maximum absolute atomic E-state index is 9.00. The third-order valence-electron chi connectivity index (χ3n) is 0. The van der Waals surface area contributed by atoms with Crippen molar-refractivity contribution in [3.63, 3.8) is 0 Å². The summed E-state index contributed by atoms with van der Waals surface area (Å²) in [5, 5.41) is 37.1. The van der Waals surface area contributed by atoms with Gasteiger partial charge in [-0.3, -0.25) is 24.0 Å². The van der Waals surface area contributed by atoms with Crippen molar-refractivity contribution in [1.82, 2.24) is 0 Å². The average molecular weight is 342 g/mol. The Morgan fingerprint density at radius 2 is 0.476 bits per heavy atom. The number of carboxylic acid groups (broad SMARTS) is 5. The van der Waals surface area contributed by atoms with Gasteiger partial charge >= 0.3 is 37.7 Å². The molecule has 0 amide bonds. The van der Waals surface area contributed by atoms with Gasteiger partial charge < -0.3 is 28.4 Å². The summed E-state index contributed by atoms with van der Waals surface area (Å²) in [6, 6.07) is 0. The van der Waals surface area contributed by atoms with Crippen LogP contribution in [0.15, 0.2) is 0 Å². The Bertz CT molecular complexity index is 220. The topological polar surface area (TPSA) is 186 Å². The van der Waals surface area contributed by atoms with E-state index in [1.807, 2.05) is 0 Å². The summed E-state index contributed by atoms with van der Waals surface area (Å²) < 4.78 is 0. The minimum absolute atomic E-state index is 0. The van der Waals surface area contributed by atoms with Crippen LogP contribution in [0.2, 0.25) is 0 Å². The average Bonchev–Trinajstić information content (AvgIpc) is 1.94. The number of aliphatic carboxylic acids is 5. The van der Waals surface area contributed by atoms with E-state index in [9.17, 15) is 0 Å². The molecule has 124 valence electrons. The standard InChI is InChI=1S/5C2H4O2.Ca.2H/c5*1-2(3)4;;;/h5*1H3,(H,3,4);;;/q;;;;;+2;2*-1. The van der Waals surface area contributed by atoms with Crippen LogP contribution in [0.25, 0.3) is 0 Å². The SMILES string of the molecule is CC(=O)O.CC(=O)O.CC(=O)O.CC(=O)O.CC(=O)O.[Ca+2].[H-].[H-]. The molecule has 0 spiro atoms. The third kappa shape index (κ3) is 2660. The van der Waals surface area contributed by atoms with Crippen LogP contribution in [0, 0.1) is 0 Å². The number of rotatable bonds is 0. The molecule has 10 nitrogen and oxygen atoms in total. The van der Waals surface area contributed by atoms with E-state index in [0.717, 1.165) is 34.6 Å². The fourth-order valence-corrected chi connectivity index (χ4v) is 0. The molecule has 0 bridgehead atoms. The Morgan fingerprint density at radius 3 is 0.476 bits per heavy atom. The van der Waals surface area contributed by atoms with Crippen molar-refractivity contribution in [2.24, 2.45) is 0 Å². The van der Waals surface area contributed by atoms with E-state index in [1.54, 1.807) is 0 Å². The molecular formula is C10H22CaO10. The quantitative estimate of drug-likeness (QED) is 0.383. The zero-order valence-electron chi connectivity index (χ0n) is 14.5. The van der Waals surface area contributed by atoms with Crippen molar-refractivity contribution in [2.75, 3.05) is 0 Å². The molecular weight excluding hydrogens is 320 g/mol. The number of hydrogen-bond donors (Lipinski definition) is 5. The van der Waals surface area contributed by atoms with Crippen molar-refractivity contribution in [3.8, 4) is 0 Å². The van der Waals surface area contributed by atoms with Crippen LogP contribution in [-0.2, 0) is 24.0 Å². The Hall–Kier alpha value is -1.39. The minimum atomic E-state index is -0.833. The summed E-state index contributed by atoms with van der Waals surface area (Å²) in [6.45, 7) is 5.42. The van der Waals surface area contributed by atoms with Crippen molar-refractivity contribution in [3.05, 3.63) is 0 Å². The van der Waals surface area contributed by atoms with Crippen molar-refractivity contribution in [2.45, 2.75) is 34.6 Å². The van der Waals surface area contributed by atoms with Gasteiger partial charge in [0.15, 0.2) is 0 Å². The second-order valence-corrected chi connectivity index (χ2v) is 2.60. The zero-order chi connectivity index (χ0) is 17.9. The van der Waals surface area contributed by atoms with Crippen LogP contribution in [0.4, 0.5) is 0 Å². The number of carboxylic acids is 5. The van der Waals surface area contributed by atoms with E-state index in [1.165, 1.54) is 0 Å². The molecule has 0 atom stereocenters. The molecule has 0 fully saturated rings. The summed E-state index contributed by atoms with van der Waals surface area (Å²) in [7, 11) is 0. The van der Waals surface area contributed by atoms with E-state index in [-0.39, 0.29) is 40.6 Å². The van der Waals surface area contributed by atoms with Gasteiger partial charge in [-0.1, -0.05) is 0 Å². The number of hydrogen-bond acceptors (Lipinski definition) is 5. The van der Waals surface area contributed by atoms with Crippen LogP contribution >= 0.6 is 0 Å². The first kappa shape index (κ1) is 36.7. The first-order valence-electron chi connectivity index (χ1n) is 4.64. The van der Waals surface area contributed by atoms with E-state index < -0.39 is 29.8 Å². The maximum atomic E-state index is 9.00. The fraction of sp³-hybridized carbons (Fsp3) is 0.500. The first-order chi connectivity index (χ1) is 8.66. The van der Waals surface area contributed by atoms with E-state index in [4.69, 9.17) is 49.5 Å². The molecule has 0 heterocycles. The van der Waals surface area contributed by atoms with Gasteiger partial charge in [-0.25, -0.2) is 0 Å². The van der Waals surface area contributed by atoms with Crippen LogP contribution in [0.3, 0.4) is 0 Å². The van der Waals surface area contributed by atoms with Gasteiger partial charge in [0.2, 0.25) is 0 Å². The maximum Gasteiger partial charge on any atom is 2.00 e. The van der Waals surface area contributed by atoms with Crippen molar-refractivity contribution >= 4 is 67.6 Å². The molecule has 0 unspecified atom stereocenters. The molecule has 0 rings (SSSR count). The Labute approximate surface area is 154 Å². The number of carbonyl (C=O) groups is 5. The normalized spacial score (nSPS) is 5.95. The molecule has 11 heteroatoms. The summed E-state index contributed by atoms with van der Waals surface area (Å²) in [6.07, 6.45) is 0. The Balaban J connectivity index is -0.0000000197. The smallest absolute Gasteiger partial charge is 1.00 e. The first-order valence-corrected chi connectivity index (χ1v) is 4.64. The Kier molecular flexibility index (Phi) is 54.4. The zero-order valence-corrected chi connectivity index (χ0v) is 14.7. The van der Waals surface area contributed by atoms with Crippen LogP contribution in [-0.4, -0.2) is 93.1 Å². The monoisotopic (exact) mass is 342 g/mol. The van der Waals surface area contributed by atoms with Crippen molar-refractivity contribution in [1.29, 1.82) is 0 Å². The largest absolute Gasteiger partial charge is 2.00 e. The van der Waals surface area contributed by atoms with Gasteiger partial charge in [0.25, 0.3) is 29.8 Å². The molecule has 0 aliphatic rings. The minimum Gasteiger partial charge on any atom is -1.00 e. The third-order valence-corrected chi connectivity index (χ3v) is 0. The van der Waals surface area contributed by atoms with Crippen LogP contribution in [0.5, 0.6) is 0 Å². The molecule has 0 aliphatic carbocycles. The van der Waals surface area contributed by atoms with Gasteiger partial charge in [0, 0.05) is 34.6 Å². The van der Waals surface area contributed by atoms with E-state index in [2.05, 4.69) is 0 Å². The molecule has 0 saturated carbocycles. The predicted molar refractivity (Wildman–Crippen MR) is 74.5 cm³/mol. The predicted octanol–water partition coefficient (Wildman–Crippen LogP) is 0.299.